The Balaban J connectivity index is 2.39. The van der Waals surface area contributed by atoms with Crippen molar-refractivity contribution in [1.82, 2.24) is 5.43 Å². The molecule has 1 fully saturated rings. The average Bonchev–Trinajstić information content (AvgIpc) is 2.87. The number of hydrogen-bond donors (Lipinski definition) is 2. The first-order chi connectivity index (χ1) is 6.16. The Morgan fingerprint density at radius 1 is 1.31 bits per heavy atom. The second-order valence-electron chi connectivity index (χ2n) is 4.79. The van der Waals surface area contributed by atoms with Gasteiger partial charge in [-0.15, -0.1) is 0 Å². The normalized spacial score (nSPS) is 21.9. The van der Waals surface area contributed by atoms with Crippen LogP contribution >= 0.6 is 0 Å². The van der Waals surface area contributed by atoms with Gasteiger partial charge in [-0.3, -0.25) is 11.3 Å². The SMILES string of the molecule is CCC(CC)CC(NN)C1(C)CC1. The fraction of sp³-hybridized carbons (Fsp3) is 1.00. The highest BCUT2D eigenvalue weighted by molar-refractivity contribution is 4.98. The van der Waals surface area contributed by atoms with Crippen LogP contribution in [0.25, 0.3) is 0 Å². The van der Waals surface area contributed by atoms with Crippen LogP contribution in [0, 0.1) is 11.3 Å². The van der Waals surface area contributed by atoms with Gasteiger partial charge in [0, 0.05) is 6.04 Å². The standard InChI is InChI=1S/C11H24N2/c1-4-9(5-2)8-10(13-12)11(3)6-7-11/h9-10,13H,4-8,12H2,1-3H3. The molecule has 2 nitrogen and oxygen atoms in total. The molecule has 1 unspecified atom stereocenters. The Hall–Kier alpha value is -0.0800. The van der Waals surface area contributed by atoms with Crippen LogP contribution in [0.4, 0.5) is 0 Å². The van der Waals surface area contributed by atoms with Crippen molar-refractivity contribution in [2.45, 2.75) is 58.9 Å². The Morgan fingerprint density at radius 3 is 2.15 bits per heavy atom. The fourth-order valence-electron chi connectivity index (χ4n) is 2.05. The summed E-state index contributed by atoms with van der Waals surface area (Å²) >= 11 is 0. The minimum absolute atomic E-state index is 0.511. The molecule has 1 saturated carbocycles. The molecule has 2 heteroatoms. The van der Waals surface area contributed by atoms with Gasteiger partial charge >= 0.3 is 0 Å². The Labute approximate surface area is 82.2 Å². The third-order valence-corrected chi connectivity index (χ3v) is 3.80. The van der Waals surface area contributed by atoms with Crippen molar-refractivity contribution in [3.63, 3.8) is 0 Å². The minimum Gasteiger partial charge on any atom is -0.271 e. The average molecular weight is 184 g/mol. The van der Waals surface area contributed by atoms with Gasteiger partial charge in [0.05, 0.1) is 0 Å². The summed E-state index contributed by atoms with van der Waals surface area (Å²) in [6.45, 7) is 6.90. The molecule has 13 heavy (non-hydrogen) atoms. The van der Waals surface area contributed by atoms with Crippen molar-refractivity contribution in [2.75, 3.05) is 0 Å². The van der Waals surface area contributed by atoms with E-state index < -0.39 is 0 Å². The molecule has 0 saturated heterocycles. The molecular formula is C11H24N2. The van der Waals surface area contributed by atoms with Gasteiger partial charge in [0.1, 0.15) is 0 Å². The van der Waals surface area contributed by atoms with Crippen molar-refractivity contribution >= 4 is 0 Å². The van der Waals surface area contributed by atoms with Crippen molar-refractivity contribution in [3.8, 4) is 0 Å². The molecule has 0 aliphatic heterocycles. The summed E-state index contributed by atoms with van der Waals surface area (Å²) in [7, 11) is 0. The van der Waals surface area contributed by atoms with E-state index in [9.17, 15) is 0 Å². The Bertz CT molecular complexity index is 148. The minimum atomic E-state index is 0.511. The Kier molecular flexibility index (Phi) is 3.74. The third-order valence-electron chi connectivity index (χ3n) is 3.80. The number of hydrogen-bond acceptors (Lipinski definition) is 2. The molecule has 0 bridgehead atoms. The van der Waals surface area contributed by atoms with Gasteiger partial charge < -0.3 is 0 Å². The van der Waals surface area contributed by atoms with Gasteiger partial charge in [0.2, 0.25) is 0 Å². The quantitative estimate of drug-likeness (QED) is 0.491. The molecule has 0 amide bonds. The number of nitrogens with two attached hydrogens (primary N) is 1. The van der Waals surface area contributed by atoms with Crippen molar-refractivity contribution < 1.29 is 0 Å². The van der Waals surface area contributed by atoms with Gasteiger partial charge in [-0.1, -0.05) is 33.6 Å². The summed E-state index contributed by atoms with van der Waals surface area (Å²) in [6.07, 6.45) is 6.51. The molecule has 3 N–H and O–H groups in total. The van der Waals surface area contributed by atoms with Crippen LogP contribution in [0.5, 0.6) is 0 Å². The molecule has 1 aliphatic carbocycles. The lowest BCUT2D eigenvalue weighted by Gasteiger charge is -2.26. The second-order valence-corrected chi connectivity index (χ2v) is 4.79. The highest BCUT2D eigenvalue weighted by Crippen LogP contribution is 2.49. The van der Waals surface area contributed by atoms with Gasteiger partial charge in [0.25, 0.3) is 0 Å². The third kappa shape index (κ3) is 2.68. The van der Waals surface area contributed by atoms with Crippen LogP contribution in [0.15, 0.2) is 0 Å². The van der Waals surface area contributed by atoms with Crippen LogP contribution in [0.3, 0.4) is 0 Å². The van der Waals surface area contributed by atoms with Crippen LogP contribution < -0.4 is 11.3 Å². The van der Waals surface area contributed by atoms with E-state index in [1.165, 1.54) is 32.1 Å². The van der Waals surface area contributed by atoms with Gasteiger partial charge in [-0.25, -0.2) is 0 Å². The maximum absolute atomic E-state index is 5.61. The highest BCUT2D eigenvalue weighted by atomic mass is 15.2. The Morgan fingerprint density at radius 2 is 1.85 bits per heavy atom. The zero-order valence-electron chi connectivity index (χ0n) is 9.27. The van der Waals surface area contributed by atoms with Crippen LogP contribution in [0.2, 0.25) is 0 Å². The van der Waals surface area contributed by atoms with E-state index in [1.54, 1.807) is 0 Å². The zero-order valence-corrected chi connectivity index (χ0v) is 9.27. The first kappa shape index (κ1) is 11.0. The van der Waals surface area contributed by atoms with Gasteiger partial charge in [-0.05, 0) is 30.6 Å². The van der Waals surface area contributed by atoms with Crippen molar-refractivity contribution in [3.05, 3.63) is 0 Å². The summed E-state index contributed by atoms with van der Waals surface area (Å²) in [4.78, 5) is 0. The largest absolute Gasteiger partial charge is 0.271 e. The molecule has 0 spiro atoms. The molecule has 1 aliphatic rings. The molecule has 78 valence electrons. The van der Waals surface area contributed by atoms with Crippen LogP contribution in [0.1, 0.15) is 52.9 Å². The van der Waals surface area contributed by atoms with E-state index >= 15 is 0 Å². The molecule has 0 aromatic rings. The number of rotatable bonds is 6. The van der Waals surface area contributed by atoms with E-state index in [0.717, 1.165) is 5.92 Å². The van der Waals surface area contributed by atoms with E-state index in [1.807, 2.05) is 0 Å². The topological polar surface area (TPSA) is 38.0 Å². The molecule has 0 radical (unpaired) electrons. The maximum atomic E-state index is 5.61. The van der Waals surface area contributed by atoms with Crippen molar-refractivity contribution in [2.24, 2.45) is 17.2 Å². The molecule has 1 atom stereocenters. The van der Waals surface area contributed by atoms with Crippen LogP contribution in [-0.2, 0) is 0 Å². The lowest BCUT2D eigenvalue weighted by molar-refractivity contribution is 0.282. The molecule has 0 aromatic heterocycles. The van der Waals surface area contributed by atoms with Crippen molar-refractivity contribution in [1.29, 1.82) is 0 Å². The van der Waals surface area contributed by atoms with Gasteiger partial charge in [-0.2, -0.15) is 0 Å². The summed E-state index contributed by atoms with van der Waals surface area (Å²) < 4.78 is 0. The predicted octanol–water partition coefficient (Wildman–Crippen LogP) is 2.44. The summed E-state index contributed by atoms with van der Waals surface area (Å²) in [5, 5.41) is 0. The predicted molar refractivity (Wildman–Crippen MR) is 57.1 cm³/mol. The van der Waals surface area contributed by atoms with E-state index in [-0.39, 0.29) is 0 Å². The summed E-state index contributed by atoms with van der Waals surface area (Å²) in [5.74, 6) is 6.45. The second kappa shape index (κ2) is 4.43. The van der Waals surface area contributed by atoms with E-state index in [4.69, 9.17) is 5.84 Å². The van der Waals surface area contributed by atoms with Crippen LogP contribution in [-0.4, -0.2) is 6.04 Å². The lowest BCUT2D eigenvalue weighted by Crippen LogP contribution is -2.42. The molecule has 0 heterocycles. The summed E-state index contributed by atoms with van der Waals surface area (Å²) in [5.41, 5.74) is 3.51. The molecule has 0 aromatic carbocycles. The van der Waals surface area contributed by atoms with E-state index in [0.29, 0.717) is 11.5 Å². The smallest absolute Gasteiger partial charge is 0.0266 e. The van der Waals surface area contributed by atoms with Gasteiger partial charge in [0.15, 0.2) is 0 Å². The first-order valence-electron chi connectivity index (χ1n) is 5.62. The first-order valence-corrected chi connectivity index (χ1v) is 5.62. The monoisotopic (exact) mass is 184 g/mol. The summed E-state index contributed by atoms with van der Waals surface area (Å²) in [6, 6.07) is 0.539. The molecular weight excluding hydrogens is 160 g/mol. The fourth-order valence-corrected chi connectivity index (χ4v) is 2.05. The number of hydrazine groups is 1. The lowest BCUT2D eigenvalue weighted by atomic mass is 9.87. The number of nitrogens with one attached hydrogen (secondary N) is 1. The van der Waals surface area contributed by atoms with E-state index in [2.05, 4.69) is 26.2 Å². The maximum Gasteiger partial charge on any atom is 0.0266 e. The highest BCUT2D eigenvalue weighted by Gasteiger charge is 2.44. The zero-order chi connectivity index (χ0) is 9.90. The molecule has 1 rings (SSSR count).